The summed E-state index contributed by atoms with van der Waals surface area (Å²) >= 11 is 0. The molecule has 0 aromatic carbocycles. The molecule has 9 unspecified atom stereocenters. The second kappa shape index (κ2) is 6.14. The predicted molar refractivity (Wildman–Crippen MR) is 104 cm³/mol. The van der Waals surface area contributed by atoms with Gasteiger partial charge in [0, 0.05) is 17.4 Å². The number of aliphatic hydroxyl groups is 3. The number of rotatable bonds is 1. The van der Waals surface area contributed by atoms with Crippen molar-refractivity contribution < 1.29 is 29.6 Å². The first kappa shape index (κ1) is 19.7. The Balaban J connectivity index is 1.57. The quantitative estimate of drug-likeness (QED) is 0.575. The minimum Gasteiger partial charge on any atom is -0.458 e. The van der Waals surface area contributed by atoms with E-state index in [-0.39, 0.29) is 53.6 Å². The van der Waals surface area contributed by atoms with E-state index < -0.39 is 17.1 Å². The summed E-state index contributed by atoms with van der Waals surface area (Å²) in [6.45, 7) is 4.16. The molecule has 0 radical (unpaired) electrons. The third-order valence-corrected chi connectivity index (χ3v) is 9.80. The van der Waals surface area contributed by atoms with E-state index >= 15 is 0 Å². The maximum atomic E-state index is 13.7. The van der Waals surface area contributed by atoms with Crippen molar-refractivity contribution in [3.05, 3.63) is 11.6 Å². The van der Waals surface area contributed by atoms with Gasteiger partial charge in [0.25, 0.3) is 0 Å². The van der Waals surface area contributed by atoms with Crippen LogP contribution in [0.1, 0.15) is 58.8 Å². The van der Waals surface area contributed by atoms with Crippen molar-refractivity contribution in [3.63, 3.8) is 0 Å². The number of aliphatic hydroxyl groups excluding tert-OH is 2. The van der Waals surface area contributed by atoms with Gasteiger partial charge in [-0.1, -0.05) is 13.8 Å². The van der Waals surface area contributed by atoms with Crippen molar-refractivity contribution in [2.45, 2.75) is 76.6 Å². The Kier molecular flexibility index (Phi) is 4.18. The number of Topliss-reactive ketones (excluding diaryl/α,β-unsaturated/α-hetero) is 1. The molecule has 4 saturated carbocycles. The fraction of sp³-hybridized carbons (Fsp3) is 0.826. The average Bonchev–Trinajstić information content (AvgIpc) is 3.22. The molecule has 0 spiro atoms. The molecule has 6 nitrogen and oxygen atoms in total. The molecule has 160 valence electrons. The van der Waals surface area contributed by atoms with Crippen LogP contribution in [0.25, 0.3) is 0 Å². The number of esters is 1. The molecule has 0 amide bonds. The topological polar surface area (TPSA) is 104 Å². The summed E-state index contributed by atoms with van der Waals surface area (Å²) < 4.78 is 5.10. The highest BCUT2D eigenvalue weighted by Gasteiger charge is 2.73. The number of carbonyl (C=O) groups is 2. The van der Waals surface area contributed by atoms with Crippen LogP contribution in [-0.2, 0) is 14.3 Å². The molecule has 4 fully saturated rings. The zero-order valence-electron chi connectivity index (χ0n) is 17.3. The van der Waals surface area contributed by atoms with Crippen molar-refractivity contribution in [2.24, 2.45) is 34.5 Å². The molecule has 0 aromatic rings. The van der Waals surface area contributed by atoms with Gasteiger partial charge in [-0.2, -0.15) is 0 Å². The Morgan fingerprint density at radius 2 is 1.83 bits per heavy atom. The monoisotopic (exact) mass is 404 g/mol. The minimum absolute atomic E-state index is 0.150. The molecule has 1 aliphatic heterocycles. The van der Waals surface area contributed by atoms with Crippen LogP contribution < -0.4 is 0 Å². The number of hydrogen-bond donors (Lipinski definition) is 3. The molecule has 1 heterocycles. The summed E-state index contributed by atoms with van der Waals surface area (Å²) in [7, 11) is 0. The molecule has 5 rings (SSSR count). The lowest BCUT2D eigenvalue weighted by atomic mass is 9.42. The summed E-state index contributed by atoms with van der Waals surface area (Å²) in [4.78, 5) is 25.3. The lowest BCUT2D eigenvalue weighted by Crippen LogP contribution is -2.70. The van der Waals surface area contributed by atoms with Gasteiger partial charge >= 0.3 is 5.97 Å². The Hall–Kier alpha value is -1.24. The van der Waals surface area contributed by atoms with Crippen molar-refractivity contribution in [2.75, 3.05) is 6.61 Å². The molecule has 0 aromatic heterocycles. The summed E-state index contributed by atoms with van der Waals surface area (Å²) in [5, 5.41) is 33.6. The van der Waals surface area contributed by atoms with Gasteiger partial charge in [-0.3, -0.25) is 4.79 Å². The number of carbonyl (C=O) groups excluding carboxylic acids is 2. The molecule has 0 saturated heterocycles. The van der Waals surface area contributed by atoms with Gasteiger partial charge in [-0.25, -0.2) is 4.79 Å². The summed E-state index contributed by atoms with van der Waals surface area (Å²) in [5.41, 5.74) is -1.66. The van der Waals surface area contributed by atoms with Crippen LogP contribution in [0.15, 0.2) is 11.6 Å². The number of hydrogen-bond acceptors (Lipinski definition) is 6. The zero-order valence-corrected chi connectivity index (χ0v) is 17.3. The first-order chi connectivity index (χ1) is 13.6. The molecule has 29 heavy (non-hydrogen) atoms. The second-order valence-corrected chi connectivity index (χ2v) is 10.7. The Morgan fingerprint density at radius 1 is 1.07 bits per heavy atom. The fourth-order valence-electron chi connectivity index (χ4n) is 8.17. The third kappa shape index (κ3) is 2.34. The number of ketones is 1. The van der Waals surface area contributed by atoms with Crippen molar-refractivity contribution in [3.8, 4) is 0 Å². The van der Waals surface area contributed by atoms with Gasteiger partial charge in [-0.05, 0) is 73.7 Å². The van der Waals surface area contributed by atoms with Gasteiger partial charge < -0.3 is 20.1 Å². The number of ether oxygens (including phenoxy) is 1. The van der Waals surface area contributed by atoms with Crippen LogP contribution in [-0.4, -0.2) is 51.5 Å². The number of fused-ring (bicyclic) bond motifs is 5. The predicted octanol–water partition coefficient (Wildman–Crippen LogP) is 1.75. The summed E-state index contributed by atoms with van der Waals surface area (Å²) in [6.07, 6.45) is 4.82. The van der Waals surface area contributed by atoms with E-state index in [2.05, 4.69) is 6.92 Å². The van der Waals surface area contributed by atoms with Gasteiger partial charge in [0.15, 0.2) is 5.78 Å². The van der Waals surface area contributed by atoms with Crippen molar-refractivity contribution >= 4 is 11.8 Å². The van der Waals surface area contributed by atoms with Crippen LogP contribution in [0.4, 0.5) is 0 Å². The van der Waals surface area contributed by atoms with Crippen LogP contribution in [0.3, 0.4) is 0 Å². The van der Waals surface area contributed by atoms with Crippen LogP contribution >= 0.6 is 0 Å². The highest BCUT2D eigenvalue weighted by molar-refractivity contribution is 5.90. The summed E-state index contributed by atoms with van der Waals surface area (Å²) in [5.74, 6) is -1.10. The van der Waals surface area contributed by atoms with E-state index in [1.165, 1.54) is 6.08 Å². The van der Waals surface area contributed by atoms with E-state index in [1.807, 2.05) is 6.92 Å². The normalized spacial score (nSPS) is 54.3. The van der Waals surface area contributed by atoms with Crippen LogP contribution in [0.5, 0.6) is 0 Å². The first-order valence-corrected chi connectivity index (χ1v) is 11.1. The Bertz CT molecular complexity index is 790. The highest BCUT2D eigenvalue weighted by Crippen LogP contribution is 2.68. The molecule has 0 bridgehead atoms. The zero-order chi connectivity index (χ0) is 20.8. The van der Waals surface area contributed by atoms with E-state index in [0.29, 0.717) is 25.7 Å². The fourth-order valence-corrected chi connectivity index (χ4v) is 8.17. The Labute approximate surface area is 171 Å². The van der Waals surface area contributed by atoms with Gasteiger partial charge in [-0.15, -0.1) is 0 Å². The standard InChI is InChI=1S/C23H32O6/c1-21-7-5-14(24)10-13(21)3-4-16-18(21)19(26)20(27)22(2)15(6-8-23(16,22)28)12-9-17(25)29-11-12/h9,13-16,18,20,24,27-28H,3-8,10-11H2,1-2H3. The van der Waals surface area contributed by atoms with Crippen LogP contribution in [0.2, 0.25) is 0 Å². The van der Waals surface area contributed by atoms with E-state index in [9.17, 15) is 24.9 Å². The molecular weight excluding hydrogens is 372 g/mol. The van der Waals surface area contributed by atoms with E-state index in [0.717, 1.165) is 24.8 Å². The maximum Gasteiger partial charge on any atom is 0.331 e. The first-order valence-electron chi connectivity index (χ1n) is 11.1. The molecule has 9 atom stereocenters. The molecular formula is C23H32O6. The molecule has 6 heteroatoms. The minimum atomic E-state index is -1.26. The molecule has 5 aliphatic rings. The Morgan fingerprint density at radius 3 is 2.52 bits per heavy atom. The van der Waals surface area contributed by atoms with E-state index in [4.69, 9.17) is 4.74 Å². The number of cyclic esters (lactones) is 1. The smallest absolute Gasteiger partial charge is 0.331 e. The third-order valence-electron chi connectivity index (χ3n) is 9.80. The molecule has 3 N–H and O–H groups in total. The van der Waals surface area contributed by atoms with Crippen molar-refractivity contribution in [1.82, 2.24) is 0 Å². The van der Waals surface area contributed by atoms with Crippen LogP contribution in [0, 0.1) is 34.5 Å². The van der Waals surface area contributed by atoms with Gasteiger partial charge in [0.2, 0.25) is 0 Å². The lowest BCUT2D eigenvalue weighted by Gasteiger charge is -2.63. The van der Waals surface area contributed by atoms with Gasteiger partial charge in [0.1, 0.15) is 12.7 Å². The van der Waals surface area contributed by atoms with Gasteiger partial charge in [0.05, 0.1) is 11.7 Å². The highest BCUT2D eigenvalue weighted by atomic mass is 16.5. The second-order valence-electron chi connectivity index (χ2n) is 10.7. The SMILES string of the molecule is CC12CCC(O)CC1CCC1C2C(=O)C(O)C2(C)C(C3=CC(=O)OC3)CCC12O. The van der Waals surface area contributed by atoms with Crippen molar-refractivity contribution in [1.29, 1.82) is 0 Å². The average molecular weight is 405 g/mol. The largest absolute Gasteiger partial charge is 0.458 e. The summed E-state index contributed by atoms with van der Waals surface area (Å²) in [6, 6.07) is 0. The lowest BCUT2D eigenvalue weighted by molar-refractivity contribution is -0.233. The maximum absolute atomic E-state index is 13.7. The molecule has 4 aliphatic carbocycles. The van der Waals surface area contributed by atoms with E-state index in [1.54, 1.807) is 0 Å².